The Hall–Kier alpha value is -1.37. The summed E-state index contributed by atoms with van der Waals surface area (Å²) in [6, 6.07) is 8.30. The van der Waals surface area contributed by atoms with E-state index in [1.807, 2.05) is 25.1 Å². The summed E-state index contributed by atoms with van der Waals surface area (Å²) >= 11 is 0. The molecule has 0 aromatic heterocycles. The second-order valence-electron chi connectivity index (χ2n) is 3.83. The minimum absolute atomic E-state index is 0.556. The highest BCUT2D eigenvalue weighted by Gasteiger charge is 1.97. The molecule has 0 heterocycles. The molecule has 1 nitrogen and oxygen atoms in total. The van der Waals surface area contributed by atoms with Crippen LogP contribution in [0.2, 0.25) is 0 Å². The van der Waals surface area contributed by atoms with Crippen molar-refractivity contribution in [1.29, 1.82) is 0 Å². The lowest BCUT2D eigenvalue weighted by atomic mass is 10.0. The second-order valence-corrected chi connectivity index (χ2v) is 3.83. The molecule has 1 heteroatoms. The van der Waals surface area contributed by atoms with Crippen molar-refractivity contribution in [2.45, 2.75) is 26.7 Å². The van der Waals surface area contributed by atoms with Gasteiger partial charge in [0.2, 0.25) is 0 Å². The SMILES string of the molecule is C/C(C=O)=C/c1ccc(C(C)C)cc1. The molecule has 0 aliphatic heterocycles. The van der Waals surface area contributed by atoms with Crippen LogP contribution in [0.15, 0.2) is 29.8 Å². The van der Waals surface area contributed by atoms with Gasteiger partial charge in [-0.2, -0.15) is 0 Å². The fraction of sp³-hybridized carbons (Fsp3) is 0.308. The molecule has 0 amide bonds. The summed E-state index contributed by atoms with van der Waals surface area (Å²) in [5, 5.41) is 0. The average molecular weight is 188 g/mol. The standard InChI is InChI=1S/C13H16O/c1-10(2)13-6-4-12(5-7-13)8-11(3)9-14/h4-10H,1-3H3/b11-8-. The smallest absolute Gasteiger partial charge is 0.145 e. The largest absolute Gasteiger partial charge is 0.298 e. The molecule has 0 saturated carbocycles. The van der Waals surface area contributed by atoms with E-state index in [2.05, 4.69) is 26.0 Å². The fourth-order valence-electron chi connectivity index (χ4n) is 1.27. The Bertz CT molecular complexity index is 331. The van der Waals surface area contributed by atoms with Crippen LogP contribution in [-0.2, 0) is 4.79 Å². The number of rotatable bonds is 3. The molecule has 0 radical (unpaired) electrons. The van der Waals surface area contributed by atoms with Gasteiger partial charge in [0, 0.05) is 0 Å². The second kappa shape index (κ2) is 4.75. The summed E-state index contributed by atoms with van der Waals surface area (Å²) in [7, 11) is 0. The van der Waals surface area contributed by atoms with E-state index < -0.39 is 0 Å². The van der Waals surface area contributed by atoms with Gasteiger partial charge in [-0.3, -0.25) is 4.79 Å². The molecule has 0 atom stereocenters. The van der Waals surface area contributed by atoms with Crippen molar-refractivity contribution < 1.29 is 4.79 Å². The van der Waals surface area contributed by atoms with E-state index in [9.17, 15) is 4.79 Å². The van der Waals surface area contributed by atoms with Crippen LogP contribution in [0.5, 0.6) is 0 Å². The zero-order valence-electron chi connectivity index (χ0n) is 8.95. The van der Waals surface area contributed by atoms with Crippen LogP contribution >= 0.6 is 0 Å². The van der Waals surface area contributed by atoms with Gasteiger partial charge in [-0.05, 0) is 35.6 Å². The van der Waals surface area contributed by atoms with Crippen molar-refractivity contribution in [3.05, 3.63) is 41.0 Å². The van der Waals surface area contributed by atoms with Gasteiger partial charge in [-0.25, -0.2) is 0 Å². The quantitative estimate of drug-likeness (QED) is 0.524. The van der Waals surface area contributed by atoms with Gasteiger partial charge < -0.3 is 0 Å². The molecule has 0 fully saturated rings. The summed E-state index contributed by atoms with van der Waals surface area (Å²) < 4.78 is 0. The molecule has 1 aromatic carbocycles. The molecule has 14 heavy (non-hydrogen) atoms. The first-order chi connectivity index (χ1) is 6.63. The highest BCUT2D eigenvalue weighted by Crippen LogP contribution is 2.15. The van der Waals surface area contributed by atoms with Crippen molar-refractivity contribution >= 4 is 12.4 Å². The lowest BCUT2D eigenvalue weighted by molar-refractivity contribution is -0.104. The maximum atomic E-state index is 10.4. The average Bonchev–Trinajstić information content (AvgIpc) is 2.18. The Morgan fingerprint density at radius 1 is 1.21 bits per heavy atom. The molecule has 1 rings (SSSR count). The maximum Gasteiger partial charge on any atom is 0.145 e. The van der Waals surface area contributed by atoms with E-state index in [4.69, 9.17) is 0 Å². The molecule has 0 unspecified atom stereocenters. The maximum absolute atomic E-state index is 10.4. The Morgan fingerprint density at radius 3 is 2.21 bits per heavy atom. The normalized spacial score (nSPS) is 11.9. The summed E-state index contributed by atoms with van der Waals surface area (Å²) in [5.74, 6) is 0.556. The van der Waals surface area contributed by atoms with Gasteiger partial charge >= 0.3 is 0 Å². The molecule has 0 bridgehead atoms. The van der Waals surface area contributed by atoms with Crippen molar-refractivity contribution in [3.8, 4) is 0 Å². The summed E-state index contributed by atoms with van der Waals surface area (Å²) in [4.78, 5) is 10.4. The number of carbonyl (C=O) groups excluding carboxylic acids is 1. The van der Waals surface area contributed by atoms with Crippen LogP contribution in [0.4, 0.5) is 0 Å². The lowest BCUT2D eigenvalue weighted by Crippen LogP contribution is -1.86. The van der Waals surface area contributed by atoms with Crippen LogP contribution in [0.25, 0.3) is 6.08 Å². The highest BCUT2D eigenvalue weighted by molar-refractivity contribution is 5.80. The van der Waals surface area contributed by atoms with E-state index in [0.717, 1.165) is 17.4 Å². The predicted octanol–water partition coefficient (Wildman–Crippen LogP) is 3.41. The van der Waals surface area contributed by atoms with Gasteiger partial charge in [-0.15, -0.1) is 0 Å². The van der Waals surface area contributed by atoms with E-state index in [1.165, 1.54) is 5.56 Å². The first-order valence-electron chi connectivity index (χ1n) is 4.87. The van der Waals surface area contributed by atoms with Crippen LogP contribution in [0.1, 0.15) is 37.8 Å². The van der Waals surface area contributed by atoms with E-state index in [-0.39, 0.29) is 0 Å². The zero-order valence-corrected chi connectivity index (χ0v) is 8.95. The highest BCUT2D eigenvalue weighted by atomic mass is 16.1. The fourth-order valence-corrected chi connectivity index (χ4v) is 1.27. The number of hydrogen-bond acceptors (Lipinski definition) is 1. The van der Waals surface area contributed by atoms with E-state index in [1.54, 1.807) is 0 Å². The monoisotopic (exact) mass is 188 g/mol. The molecule has 0 N–H and O–H groups in total. The first kappa shape index (κ1) is 10.7. The number of carbonyl (C=O) groups is 1. The van der Waals surface area contributed by atoms with Crippen molar-refractivity contribution in [2.24, 2.45) is 0 Å². The Morgan fingerprint density at radius 2 is 1.79 bits per heavy atom. The molecule has 1 aromatic rings. The first-order valence-corrected chi connectivity index (χ1v) is 4.87. The van der Waals surface area contributed by atoms with Crippen LogP contribution < -0.4 is 0 Å². The van der Waals surface area contributed by atoms with Crippen LogP contribution in [-0.4, -0.2) is 6.29 Å². The third-order valence-electron chi connectivity index (χ3n) is 2.18. The van der Waals surface area contributed by atoms with Crippen molar-refractivity contribution in [1.82, 2.24) is 0 Å². The Labute approximate surface area is 85.5 Å². The topological polar surface area (TPSA) is 17.1 Å². The van der Waals surface area contributed by atoms with Crippen molar-refractivity contribution in [3.63, 3.8) is 0 Å². The third-order valence-corrected chi connectivity index (χ3v) is 2.18. The number of allylic oxidation sites excluding steroid dienone is 1. The number of aldehydes is 1. The summed E-state index contributed by atoms with van der Waals surface area (Å²) in [6.45, 7) is 6.15. The predicted molar refractivity (Wildman–Crippen MR) is 60.2 cm³/mol. The Balaban J connectivity index is 2.89. The zero-order chi connectivity index (χ0) is 10.6. The van der Waals surface area contributed by atoms with E-state index >= 15 is 0 Å². The lowest BCUT2D eigenvalue weighted by Gasteiger charge is -2.04. The van der Waals surface area contributed by atoms with Gasteiger partial charge in [0.25, 0.3) is 0 Å². The summed E-state index contributed by atoms with van der Waals surface area (Å²) in [6.07, 6.45) is 2.76. The van der Waals surface area contributed by atoms with Gasteiger partial charge in [0.05, 0.1) is 0 Å². The number of benzene rings is 1. The molecule has 0 aliphatic carbocycles. The molecule has 0 spiro atoms. The minimum Gasteiger partial charge on any atom is -0.298 e. The van der Waals surface area contributed by atoms with Crippen molar-refractivity contribution in [2.75, 3.05) is 0 Å². The molecule has 0 saturated heterocycles. The third kappa shape index (κ3) is 2.84. The van der Waals surface area contributed by atoms with Gasteiger partial charge in [0.1, 0.15) is 6.29 Å². The van der Waals surface area contributed by atoms with Gasteiger partial charge in [-0.1, -0.05) is 38.1 Å². The van der Waals surface area contributed by atoms with Crippen LogP contribution in [0.3, 0.4) is 0 Å². The molecular formula is C13H16O. The van der Waals surface area contributed by atoms with E-state index in [0.29, 0.717) is 5.92 Å². The number of hydrogen-bond donors (Lipinski definition) is 0. The molecular weight excluding hydrogens is 172 g/mol. The minimum atomic E-state index is 0.556. The molecule has 74 valence electrons. The van der Waals surface area contributed by atoms with Crippen LogP contribution in [0, 0.1) is 0 Å². The molecule has 0 aliphatic rings. The Kier molecular flexibility index (Phi) is 3.63. The van der Waals surface area contributed by atoms with Gasteiger partial charge in [0.15, 0.2) is 0 Å². The summed E-state index contributed by atoms with van der Waals surface area (Å²) in [5.41, 5.74) is 3.16.